The lowest BCUT2D eigenvalue weighted by molar-refractivity contribution is -0.136. The first kappa shape index (κ1) is 16.6. The monoisotopic (exact) mass is 325 g/mol. The molecule has 24 heavy (non-hydrogen) atoms. The highest BCUT2D eigenvalue weighted by atomic mass is 16.5. The number of rotatable bonds is 6. The fourth-order valence-electron chi connectivity index (χ4n) is 2.82. The van der Waals surface area contributed by atoms with Gasteiger partial charge in [-0.05, 0) is 24.3 Å². The van der Waals surface area contributed by atoms with Gasteiger partial charge >= 0.3 is 5.97 Å². The van der Waals surface area contributed by atoms with Crippen LogP contribution in [0.4, 0.5) is 0 Å². The second-order valence-corrected chi connectivity index (χ2v) is 5.98. The van der Waals surface area contributed by atoms with Gasteiger partial charge in [0.05, 0.1) is 6.54 Å². The van der Waals surface area contributed by atoms with Crippen LogP contribution in [0.25, 0.3) is 0 Å². The van der Waals surface area contributed by atoms with Gasteiger partial charge in [-0.25, -0.2) is 0 Å². The highest BCUT2D eigenvalue weighted by Gasteiger charge is 2.19. The predicted molar refractivity (Wildman–Crippen MR) is 92.9 cm³/mol. The summed E-state index contributed by atoms with van der Waals surface area (Å²) in [6.07, 6.45) is 2.81. The maximum Gasteiger partial charge on any atom is 0.325 e. The van der Waals surface area contributed by atoms with Crippen LogP contribution < -0.4 is 4.74 Å². The van der Waals surface area contributed by atoms with E-state index in [-0.39, 0.29) is 5.97 Å². The van der Waals surface area contributed by atoms with E-state index in [0.717, 1.165) is 44.8 Å². The number of pyridine rings is 1. The summed E-state index contributed by atoms with van der Waals surface area (Å²) >= 11 is 0. The van der Waals surface area contributed by atoms with E-state index < -0.39 is 0 Å². The zero-order valence-electron chi connectivity index (χ0n) is 13.8. The van der Waals surface area contributed by atoms with Crippen molar-refractivity contribution in [2.24, 2.45) is 0 Å². The summed E-state index contributed by atoms with van der Waals surface area (Å²) in [4.78, 5) is 20.9. The normalized spacial score (nSPS) is 16.0. The Hall–Kier alpha value is -2.24. The molecule has 0 aliphatic carbocycles. The summed E-state index contributed by atoms with van der Waals surface area (Å²) in [6, 6.07) is 15.3. The molecular formula is C19H23N3O2. The molecule has 0 spiro atoms. The van der Waals surface area contributed by atoms with Crippen LogP contribution in [0, 0.1) is 0 Å². The molecule has 5 nitrogen and oxygen atoms in total. The first-order valence-corrected chi connectivity index (χ1v) is 8.40. The quantitative estimate of drug-likeness (QED) is 0.599. The number of piperazine rings is 1. The zero-order chi connectivity index (χ0) is 16.6. The molecule has 0 bridgehead atoms. The molecule has 3 rings (SSSR count). The molecule has 0 amide bonds. The smallest absolute Gasteiger partial charge is 0.325 e. The van der Waals surface area contributed by atoms with Crippen LogP contribution in [0.2, 0.25) is 0 Å². The lowest BCUT2D eigenvalue weighted by atomic mass is 10.2. The molecule has 2 aromatic rings. The van der Waals surface area contributed by atoms with Crippen molar-refractivity contribution < 1.29 is 9.53 Å². The van der Waals surface area contributed by atoms with E-state index in [2.05, 4.69) is 20.9 Å². The molecule has 0 unspecified atom stereocenters. The van der Waals surface area contributed by atoms with Gasteiger partial charge in [0, 0.05) is 51.0 Å². The fraction of sp³-hybridized carbons (Fsp3) is 0.368. The topological polar surface area (TPSA) is 45.7 Å². The maximum atomic E-state index is 12.0. The minimum absolute atomic E-state index is 0.192. The van der Waals surface area contributed by atoms with Crippen molar-refractivity contribution in [3.8, 4) is 5.75 Å². The number of hydrogen-bond donors (Lipinski definition) is 0. The Morgan fingerprint density at radius 2 is 1.67 bits per heavy atom. The maximum absolute atomic E-state index is 12.0. The van der Waals surface area contributed by atoms with Gasteiger partial charge in [-0.1, -0.05) is 24.3 Å². The number of benzene rings is 1. The second-order valence-electron chi connectivity index (χ2n) is 5.98. The van der Waals surface area contributed by atoms with Gasteiger partial charge in [0.25, 0.3) is 0 Å². The van der Waals surface area contributed by atoms with Gasteiger partial charge in [-0.3, -0.25) is 14.7 Å². The SMILES string of the molecule is O=C(CN1CCN(CCc2ccccn2)CC1)Oc1ccccc1. The van der Waals surface area contributed by atoms with Crippen molar-refractivity contribution in [1.82, 2.24) is 14.8 Å². The summed E-state index contributed by atoms with van der Waals surface area (Å²) < 4.78 is 5.35. The Bertz CT molecular complexity index is 626. The third-order valence-electron chi connectivity index (χ3n) is 4.20. The minimum atomic E-state index is -0.192. The third-order valence-corrected chi connectivity index (χ3v) is 4.20. The van der Waals surface area contributed by atoms with Crippen molar-refractivity contribution in [2.75, 3.05) is 39.3 Å². The van der Waals surface area contributed by atoms with Crippen LogP contribution in [0.15, 0.2) is 54.7 Å². The molecule has 1 aromatic heterocycles. The van der Waals surface area contributed by atoms with Crippen LogP contribution in [-0.4, -0.2) is 60.0 Å². The van der Waals surface area contributed by atoms with Crippen molar-refractivity contribution in [1.29, 1.82) is 0 Å². The van der Waals surface area contributed by atoms with E-state index in [0.29, 0.717) is 12.3 Å². The van der Waals surface area contributed by atoms with Gasteiger partial charge in [0.15, 0.2) is 0 Å². The third kappa shape index (κ3) is 5.15. The number of nitrogens with zero attached hydrogens (tertiary/aromatic N) is 3. The minimum Gasteiger partial charge on any atom is -0.426 e. The molecule has 1 aliphatic heterocycles. The number of carbonyl (C=O) groups excluding carboxylic acids is 1. The van der Waals surface area contributed by atoms with Gasteiger partial charge in [-0.2, -0.15) is 0 Å². The molecule has 1 fully saturated rings. The summed E-state index contributed by atoms with van der Waals surface area (Å²) in [7, 11) is 0. The summed E-state index contributed by atoms with van der Waals surface area (Å²) in [5, 5.41) is 0. The molecular weight excluding hydrogens is 302 g/mol. The molecule has 0 atom stereocenters. The highest BCUT2D eigenvalue weighted by molar-refractivity contribution is 5.74. The molecule has 0 N–H and O–H groups in total. The van der Waals surface area contributed by atoms with E-state index in [4.69, 9.17) is 4.74 Å². The summed E-state index contributed by atoms with van der Waals surface area (Å²) in [5.74, 6) is 0.416. The van der Waals surface area contributed by atoms with E-state index >= 15 is 0 Å². The molecule has 1 aromatic carbocycles. The second kappa shape index (κ2) is 8.57. The number of hydrogen-bond acceptors (Lipinski definition) is 5. The van der Waals surface area contributed by atoms with Gasteiger partial charge in [-0.15, -0.1) is 0 Å². The lowest BCUT2D eigenvalue weighted by Gasteiger charge is -2.33. The fourth-order valence-corrected chi connectivity index (χ4v) is 2.82. The lowest BCUT2D eigenvalue weighted by Crippen LogP contribution is -2.48. The Morgan fingerprint density at radius 3 is 2.38 bits per heavy atom. The number of ether oxygens (including phenoxy) is 1. The van der Waals surface area contributed by atoms with Gasteiger partial charge < -0.3 is 9.64 Å². The average Bonchev–Trinajstić information content (AvgIpc) is 2.63. The Morgan fingerprint density at radius 1 is 0.958 bits per heavy atom. The molecule has 1 saturated heterocycles. The average molecular weight is 325 g/mol. The number of carbonyl (C=O) groups is 1. The molecule has 0 saturated carbocycles. The van der Waals surface area contributed by atoms with Crippen molar-refractivity contribution in [3.63, 3.8) is 0 Å². The summed E-state index contributed by atoms with van der Waals surface area (Å²) in [6.45, 7) is 5.11. The van der Waals surface area contributed by atoms with Crippen LogP contribution in [0.1, 0.15) is 5.69 Å². The Labute approximate surface area is 142 Å². The molecule has 126 valence electrons. The predicted octanol–water partition coefficient (Wildman–Crippen LogP) is 1.85. The Balaban J connectivity index is 1.36. The zero-order valence-corrected chi connectivity index (χ0v) is 13.8. The van der Waals surface area contributed by atoms with Gasteiger partial charge in [0.1, 0.15) is 5.75 Å². The van der Waals surface area contributed by atoms with Crippen LogP contribution in [0.3, 0.4) is 0 Å². The van der Waals surface area contributed by atoms with Gasteiger partial charge in [0.2, 0.25) is 0 Å². The first-order chi connectivity index (χ1) is 11.8. The summed E-state index contributed by atoms with van der Waals surface area (Å²) in [5.41, 5.74) is 1.13. The number of para-hydroxylation sites is 1. The molecule has 5 heteroatoms. The van der Waals surface area contributed by atoms with Crippen molar-refractivity contribution >= 4 is 5.97 Å². The highest BCUT2D eigenvalue weighted by Crippen LogP contribution is 2.09. The van der Waals surface area contributed by atoms with E-state index in [1.165, 1.54) is 0 Å². The van der Waals surface area contributed by atoms with Crippen molar-refractivity contribution in [2.45, 2.75) is 6.42 Å². The molecule has 1 aliphatic rings. The van der Waals surface area contributed by atoms with Crippen LogP contribution >= 0.6 is 0 Å². The van der Waals surface area contributed by atoms with E-state index in [9.17, 15) is 4.79 Å². The first-order valence-electron chi connectivity index (χ1n) is 8.40. The Kier molecular flexibility index (Phi) is 5.93. The molecule has 2 heterocycles. The standard InChI is InChI=1S/C19H23N3O2/c23-19(24-18-7-2-1-3-8-18)16-22-14-12-21(13-15-22)11-9-17-6-4-5-10-20-17/h1-8,10H,9,11-16H2. The molecule has 0 radical (unpaired) electrons. The van der Waals surface area contributed by atoms with Crippen LogP contribution in [-0.2, 0) is 11.2 Å². The van der Waals surface area contributed by atoms with Crippen LogP contribution in [0.5, 0.6) is 5.75 Å². The largest absolute Gasteiger partial charge is 0.426 e. The number of aromatic nitrogens is 1. The van der Waals surface area contributed by atoms with E-state index in [1.807, 2.05) is 36.5 Å². The van der Waals surface area contributed by atoms with E-state index in [1.54, 1.807) is 12.1 Å². The number of esters is 1. The van der Waals surface area contributed by atoms with Crippen molar-refractivity contribution in [3.05, 3.63) is 60.4 Å².